The number of hydrogen-bond acceptors (Lipinski definition) is 6. The van der Waals surface area contributed by atoms with Gasteiger partial charge in [0.05, 0.1) is 12.7 Å². The number of allylic oxidation sites excluding steroid dienone is 1. The van der Waals surface area contributed by atoms with E-state index in [1.165, 1.54) is 5.57 Å². The van der Waals surface area contributed by atoms with Crippen LogP contribution in [0.1, 0.15) is 70.0 Å². The smallest absolute Gasteiger partial charge is 0.455 e. The number of rotatable bonds is 7. The number of Topliss-reactive ketones (excluding diaryl/α,β-unsaturated/α-hetero) is 2. The van der Waals surface area contributed by atoms with E-state index < -0.39 is 19.0 Å². The van der Waals surface area contributed by atoms with Gasteiger partial charge in [0.25, 0.3) is 0 Å². The van der Waals surface area contributed by atoms with Gasteiger partial charge < -0.3 is 19.5 Å². The highest BCUT2D eigenvalue weighted by Crippen LogP contribution is 2.51. The molecule has 0 unspecified atom stereocenters. The summed E-state index contributed by atoms with van der Waals surface area (Å²) in [5.74, 6) is -0.862. The van der Waals surface area contributed by atoms with Gasteiger partial charge in [-0.25, -0.2) is 0 Å². The number of methoxy groups -OCH3 is 1. The Bertz CT molecular complexity index is 1340. The summed E-state index contributed by atoms with van der Waals surface area (Å²) in [4.78, 5) is 27.3. The number of aryl methyl sites for hydroxylation is 2. The Morgan fingerprint density at radius 2 is 1.77 bits per heavy atom. The van der Waals surface area contributed by atoms with Crippen LogP contribution in [-0.4, -0.2) is 48.6 Å². The van der Waals surface area contributed by atoms with Gasteiger partial charge in [-0.2, -0.15) is 0 Å². The van der Waals surface area contributed by atoms with Gasteiger partial charge in [0.1, 0.15) is 5.75 Å². The SMILES string of the molecule is CC/C(=C\c1cc(C)c(O)c(C)c1)CC[C@H]1OB(O)C[C@H]2C1=C(COC)C[C@H]1C(=O)c3ccccc3C(=O)[C@H]12. The van der Waals surface area contributed by atoms with E-state index in [0.717, 1.165) is 40.7 Å². The van der Waals surface area contributed by atoms with Crippen LogP contribution in [0.2, 0.25) is 6.32 Å². The molecule has 1 heterocycles. The summed E-state index contributed by atoms with van der Waals surface area (Å²) >= 11 is 0. The van der Waals surface area contributed by atoms with E-state index in [9.17, 15) is 19.7 Å². The maximum Gasteiger partial charge on any atom is 0.455 e. The summed E-state index contributed by atoms with van der Waals surface area (Å²) in [5, 5.41) is 21.0. The first-order valence-corrected chi connectivity index (χ1v) is 13.9. The molecule has 1 aliphatic heterocycles. The van der Waals surface area contributed by atoms with Gasteiger partial charge in [-0.05, 0) is 91.7 Å². The number of hydrogen-bond donors (Lipinski definition) is 2. The van der Waals surface area contributed by atoms with Crippen molar-refractivity contribution in [2.45, 2.75) is 58.9 Å². The van der Waals surface area contributed by atoms with Crippen molar-refractivity contribution in [3.8, 4) is 5.75 Å². The third-order valence-corrected chi connectivity index (χ3v) is 8.75. The quantitative estimate of drug-likeness (QED) is 0.352. The fourth-order valence-electron chi connectivity index (χ4n) is 6.95. The standard InChI is InChI=1S/C32H37BO6/c1-5-20(14-21-12-18(2)30(34)19(3)13-21)10-11-27-28-22(17-38-4)15-25-29(26(28)16-33(37)39-27)32(36)24-9-7-6-8-23(24)31(25)35/h6-9,12-14,25-27,29,34,37H,5,10-11,15-17H2,1-4H3/b20-14+/t25-,26+,27-,29-/m1/s1. The minimum Gasteiger partial charge on any atom is -0.507 e. The van der Waals surface area contributed by atoms with Crippen molar-refractivity contribution >= 4 is 24.8 Å². The van der Waals surface area contributed by atoms with E-state index in [0.29, 0.717) is 42.6 Å². The summed E-state index contributed by atoms with van der Waals surface area (Å²) in [6.07, 6.45) is 4.84. The van der Waals surface area contributed by atoms with Crippen LogP contribution in [0.15, 0.2) is 53.1 Å². The van der Waals surface area contributed by atoms with Gasteiger partial charge in [-0.3, -0.25) is 9.59 Å². The molecule has 204 valence electrons. The molecule has 0 bridgehead atoms. The first-order chi connectivity index (χ1) is 18.7. The number of phenols is 1. The molecular weight excluding hydrogens is 491 g/mol. The summed E-state index contributed by atoms with van der Waals surface area (Å²) in [6, 6.07) is 11.1. The molecular formula is C32H37BO6. The van der Waals surface area contributed by atoms with Gasteiger partial charge in [-0.15, -0.1) is 0 Å². The van der Waals surface area contributed by atoms with Crippen LogP contribution in [-0.2, 0) is 9.39 Å². The predicted octanol–water partition coefficient (Wildman–Crippen LogP) is 5.74. The molecule has 4 atom stereocenters. The molecule has 0 radical (unpaired) electrons. The lowest BCUT2D eigenvalue weighted by atomic mass is 9.54. The second-order valence-electron chi connectivity index (χ2n) is 11.2. The summed E-state index contributed by atoms with van der Waals surface area (Å²) in [5.41, 5.74) is 7.03. The Balaban J connectivity index is 1.46. The third-order valence-electron chi connectivity index (χ3n) is 8.75. The first-order valence-electron chi connectivity index (χ1n) is 13.9. The van der Waals surface area contributed by atoms with Gasteiger partial charge >= 0.3 is 7.12 Å². The second kappa shape index (κ2) is 11.2. The summed E-state index contributed by atoms with van der Waals surface area (Å²) < 4.78 is 11.7. The van der Waals surface area contributed by atoms with Crippen LogP contribution in [0.3, 0.4) is 0 Å². The van der Waals surface area contributed by atoms with Gasteiger partial charge in [0, 0.05) is 30.1 Å². The molecule has 0 amide bonds. The molecule has 0 spiro atoms. The highest BCUT2D eigenvalue weighted by atomic mass is 16.5. The molecule has 6 nitrogen and oxygen atoms in total. The number of benzene rings is 2. The molecule has 2 aromatic carbocycles. The van der Waals surface area contributed by atoms with Crippen LogP contribution < -0.4 is 0 Å². The van der Waals surface area contributed by atoms with E-state index in [2.05, 4.69) is 13.0 Å². The van der Waals surface area contributed by atoms with E-state index in [1.54, 1.807) is 31.4 Å². The predicted molar refractivity (Wildman–Crippen MR) is 152 cm³/mol. The molecule has 0 aromatic heterocycles. The Kier molecular flexibility index (Phi) is 7.95. The van der Waals surface area contributed by atoms with Crippen LogP contribution >= 0.6 is 0 Å². The van der Waals surface area contributed by atoms with Crippen LogP contribution in [0, 0.1) is 31.6 Å². The molecule has 1 saturated heterocycles. The molecule has 5 rings (SSSR count). The monoisotopic (exact) mass is 528 g/mol. The number of aromatic hydroxyl groups is 1. The lowest BCUT2D eigenvalue weighted by molar-refractivity contribution is 0.0584. The van der Waals surface area contributed by atoms with Gasteiger partial charge in [0.15, 0.2) is 11.6 Å². The number of fused-ring (bicyclic) bond motifs is 4. The number of phenolic OH excluding ortho intramolecular Hbond substituents is 1. The molecule has 1 fully saturated rings. The zero-order chi connectivity index (χ0) is 27.8. The molecule has 7 heteroatoms. The van der Waals surface area contributed by atoms with Crippen LogP contribution in [0.25, 0.3) is 6.08 Å². The first kappa shape index (κ1) is 27.6. The maximum atomic E-state index is 13.8. The fourth-order valence-corrected chi connectivity index (χ4v) is 6.95. The molecule has 3 aliphatic rings. The Labute approximate surface area is 230 Å². The Morgan fingerprint density at radius 1 is 1.10 bits per heavy atom. The van der Waals surface area contributed by atoms with Crippen molar-refractivity contribution in [1.29, 1.82) is 0 Å². The molecule has 0 saturated carbocycles. The maximum absolute atomic E-state index is 13.8. The van der Waals surface area contributed by atoms with Crippen molar-refractivity contribution in [3.63, 3.8) is 0 Å². The number of ether oxygens (including phenoxy) is 1. The van der Waals surface area contributed by atoms with Crippen molar-refractivity contribution in [1.82, 2.24) is 0 Å². The molecule has 2 aromatic rings. The summed E-state index contributed by atoms with van der Waals surface area (Å²) in [6.45, 7) is 6.30. The molecule has 2 aliphatic carbocycles. The van der Waals surface area contributed by atoms with Crippen LogP contribution in [0.5, 0.6) is 5.75 Å². The van der Waals surface area contributed by atoms with Crippen molar-refractivity contribution in [2.24, 2.45) is 17.8 Å². The van der Waals surface area contributed by atoms with Crippen LogP contribution in [0.4, 0.5) is 0 Å². The highest BCUT2D eigenvalue weighted by Gasteiger charge is 2.53. The van der Waals surface area contributed by atoms with Crippen molar-refractivity contribution in [2.75, 3.05) is 13.7 Å². The van der Waals surface area contributed by atoms with E-state index in [1.807, 2.05) is 26.0 Å². The largest absolute Gasteiger partial charge is 0.507 e. The minimum atomic E-state index is -0.997. The normalized spacial score (nSPS) is 24.9. The number of carbonyl (C=O) groups excluding carboxylic acids is 2. The zero-order valence-electron chi connectivity index (χ0n) is 23.2. The van der Waals surface area contributed by atoms with Crippen molar-refractivity contribution in [3.05, 3.63) is 80.9 Å². The minimum absolute atomic E-state index is 0.00534. The topological polar surface area (TPSA) is 93.1 Å². The average Bonchev–Trinajstić information content (AvgIpc) is 2.92. The van der Waals surface area contributed by atoms with Crippen molar-refractivity contribution < 1.29 is 29.1 Å². The van der Waals surface area contributed by atoms with E-state index in [4.69, 9.17) is 9.39 Å². The highest BCUT2D eigenvalue weighted by molar-refractivity contribution is 6.43. The zero-order valence-corrected chi connectivity index (χ0v) is 23.2. The molecule has 2 N–H and O–H groups in total. The number of ketones is 2. The summed E-state index contributed by atoms with van der Waals surface area (Å²) in [7, 11) is 0.646. The van der Waals surface area contributed by atoms with E-state index >= 15 is 0 Å². The Hall–Kier alpha value is -3.00. The Morgan fingerprint density at radius 3 is 2.41 bits per heavy atom. The average molecular weight is 528 g/mol. The van der Waals surface area contributed by atoms with Gasteiger partial charge in [0.2, 0.25) is 0 Å². The fraction of sp³-hybridized carbons (Fsp3) is 0.438. The molecule has 39 heavy (non-hydrogen) atoms. The third kappa shape index (κ3) is 5.16. The lowest BCUT2D eigenvalue weighted by Crippen LogP contribution is -2.51. The van der Waals surface area contributed by atoms with E-state index in [-0.39, 0.29) is 23.6 Å². The number of carbonyl (C=O) groups is 2. The second-order valence-corrected chi connectivity index (χ2v) is 11.2. The lowest BCUT2D eigenvalue weighted by Gasteiger charge is -2.47. The van der Waals surface area contributed by atoms with Gasteiger partial charge in [-0.1, -0.05) is 42.8 Å².